The van der Waals surface area contributed by atoms with Crippen molar-refractivity contribution in [3.05, 3.63) is 41.1 Å². The summed E-state index contributed by atoms with van der Waals surface area (Å²) in [6, 6.07) is 6.38. The third kappa shape index (κ3) is 3.64. The number of benzene rings is 1. The number of aryl methyl sites for hydroxylation is 1. The highest BCUT2D eigenvalue weighted by atomic mass is 19.3. The number of carbonyl (C=O) groups excluding carboxylic acids is 1. The molecule has 1 aromatic carbocycles. The first-order chi connectivity index (χ1) is 11.5. The number of carbonyl (C=O) groups is 1. The van der Waals surface area contributed by atoms with Crippen molar-refractivity contribution >= 4 is 11.8 Å². The average Bonchev–Trinajstić information content (AvgIpc) is 2.93. The number of hydrogen-bond donors (Lipinski definition) is 1. The summed E-state index contributed by atoms with van der Waals surface area (Å²) in [7, 11) is 0. The fourth-order valence-electron chi connectivity index (χ4n) is 2.73. The number of nitrogens with zero attached hydrogens (tertiary/aromatic N) is 2. The van der Waals surface area contributed by atoms with Crippen LogP contribution in [0.2, 0.25) is 0 Å². The van der Waals surface area contributed by atoms with E-state index >= 15 is 0 Å². The molecule has 1 amide bonds. The predicted octanol–water partition coefficient (Wildman–Crippen LogP) is 2.38. The number of nitrogen functional groups attached to an aromatic ring is 1. The van der Waals surface area contributed by atoms with Gasteiger partial charge in [0.05, 0.1) is 17.8 Å². The smallest absolute Gasteiger partial charge is 0.387 e. The fraction of sp³-hybridized carbons (Fsp3) is 0.375. The van der Waals surface area contributed by atoms with E-state index < -0.39 is 6.61 Å². The molecular weight excluding hydrogens is 320 g/mol. The predicted molar refractivity (Wildman–Crippen MR) is 81.4 cm³/mol. The van der Waals surface area contributed by atoms with Crippen molar-refractivity contribution in [1.82, 2.24) is 10.1 Å². The molecule has 3 rings (SSSR count). The molecule has 2 aromatic rings. The van der Waals surface area contributed by atoms with Gasteiger partial charge in [-0.2, -0.15) is 8.78 Å². The van der Waals surface area contributed by atoms with Gasteiger partial charge in [-0.1, -0.05) is 17.3 Å². The minimum atomic E-state index is -2.86. The van der Waals surface area contributed by atoms with E-state index in [0.717, 1.165) is 16.8 Å². The Morgan fingerprint density at radius 1 is 1.46 bits per heavy atom. The maximum Gasteiger partial charge on any atom is 0.387 e. The van der Waals surface area contributed by atoms with E-state index in [9.17, 15) is 13.6 Å². The number of aromatic nitrogens is 1. The highest BCUT2D eigenvalue weighted by molar-refractivity contribution is 5.77. The van der Waals surface area contributed by atoms with Gasteiger partial charge in [0.2, 0.25) is 11.8 Å². The van der Waals surface area contributed by atoms with Gasteiger partial charge in [0.25, 0.3) is 0 Å². The Balaban J connectivity index is 1.57. The quantitative estimate of drug-likeness (QED) is 0.906. The van der Waals surface area contributed by atoms with Gasteiger partial charge in [-0.15, -0.1) is 0 Å². The summed E-state index contributed by atoms with van der Waals surface area (Å²) in [6.45, 7) is -1.91. The lowest BCUT2D eigenvalue weighted by Crippen LogP contribution is -2.36. The van der Waals surface area contributed by atoms with Crippen LogP contribution in [0.3, 0.4) is 0 Å². The van der Waals surface area contributed by atoms with Crippen molar-refractivity contribution in [2.24, 2.45) is 0 Å². The van der Waals surface area contributed by atoms with Crippen LogP contribution in [-0.2, 0) is 24.2 Å². The molecule has 24 heavy (non-hydrogen) atoms. The Hall–Kier alpha value is -2.64. The molecule has 0 radical (unpaired) electrons. The number of rotatable bonds is 5. The number of anilines is 1. The lowest BCUT2D eigenvalue weighted by Gasteiger charge is -2.26. The van der Waals surface area contributed by atoms with E-state index in [2.05, 4.69) is 9.89 Å². The third-order valence-electron chi connectivity index (χ3n) is 3.97. The molecule has 2 heterocycles. The van der Waals surface area contributed by atoms with Gasteiger partial charge in [-0.05, 0) is 24.1 Å². The second-order valence-corrected chi connectivity index (χ2v) is 5.56. The normalized spacial score (nSPS) is 13.9. The van der Waals surface area contributed by atoms with Crippen molar-refractivity contribution in [2.45, 2.75) is 32.4 Å². The van der Waals surface area contributed by atoms with Crippen molar-refractivity contribution < 1.29 is 22.8 Å². The molecule has 6 nitrogen and oxygen atoms in total. The number of hydrogen-bond acceptors (Lipinski definition) is 5. The van der Waals surface area contributed by atoms with Crippen molar-refractivity contribution in [3.63, 3.8) is 0 Å². The average molecular weight is 337 g/mol. The summed E-state index contributed by atoms with van der Waals surface area (Å²) in [5.41, 5.74) is 8.04. The van der Waals surface area contributed by atoms with Crippen LogP contribution < -0.4 is 10.5 Å². The molecule has 0 bridgehead atoms. The van der Waals surface area contributed by atoms with Crippen LogP contribution >= 0.6 is 0 Å². The zero-order chi connectivity index (χ0) is 17.1. The van der Waals surface area contributed by atoms with E-state index in [-0.39, 0.29) is 24.0 Å². The molecule has 0 saturated heterocycles. The SMILES string of the molecule is Nc1onc2c1CN(C(=O)CCc1cccc(OC(F)F)c1)CC2. The highest BCUT2D eigenvalue weighted by Gasteiger charge is 2.25. The zero-order valence-corrected chi connectivity index (χ0v) is 12.9. The Morgan fingerprint density at radius 2 is 2.29 bits per heavy atom. The van der Waals surface area contributed by atoms with Gasteiger partial charge in [0, 0.05) is 19.4 Å². The first-order valence-electron chi connectivity index (χ1n) is 7.57. The molecule has 0 aliphatic carbocycles. The molecule has 128 valence electrons. The largest absolute Gasteiger partial charge is 0.435 e. The van der Waals surface area contributed by atoms with Crippen molar-refractivity contribution in [3.8, 4) is 5.75 Å². The molecule has 2 N–H and O–H groups in total. The summed E-state index contributed by atoms with van der Waals surface area (Å²) in [6.07, 6.45) is 1.33. The van der Waals surface area contributed by atoms with E-state index in [1.54, 1.807) is 17.0 Å². The Labute approximate surface area is 137 Å². The summed E-state index contributed by atoms with van der Waals surface area (Å²) in [5.74, 6) is 0.315. The summed E-state index contributed by atoms with van der Waals surface area (Å²) in [5, 5.41) is 3.86. The van der Waals surface area contributed by atoms with Gasteiger partial charge in [-0.25, -0.2) is 0 Å². The van der Waals surface area contributed by atoms with Gasteiger partial charge in [0.15, 0.2) is 0 Å². The topological polar surface area (TPSA) is 81.6 Å². The summed E-state index contributed by atoms with van der Waals surface area (Å²) < 4.78 is 33.8. The minimum Gasteiger partial charge on any atom is -0.435 e. The maximum absolute atomic E-state index is 12.4. The Kier molecular flexibility index (Phi) is 4.64. The van der Waals surface area contributed by atoms with Gasteiger partial charge >= 0.3 is 6.61 Å². The van der Waals surface area contributed by atoms with E-state index in [1.165, 1.54) is 12.1 Å². The van der Waals surface area contributed by atoms with Crippen molar-refractivity contribution in [2.75, 3.05) is 12.3 Å². The molecule has 0 spiro atoms. The summed E-state index contributed by atoms with van der Waals surface area (Å²) in [4.78, 5) is 14.1. The number of amides is 1. The van der Waals surface area contributed by atoms with E-state index in [0.29, 0.717) is 25.9 Å². The number of nitrogens with two attached hydrogens (primary N) is 1. The Bertz CT molecular complexity index is 733. The van der Waals surface area contributed by atoms with Crippen LogP contribution in [0.25, 0.3) is 0 Å². The van der Waals surface area contributed by atoms with Crippen molar-refractivity contribution in [1.29, 1.82) is 0 Å². The van der Waals surface area contributed by atoms with E-state index in [1.807, 2.05) is 0 Å². The third-order valence-corrected chi connectivity index (χ3v) is 3.97. The van der Waals surface area contributed by atoms with Crippen LogP contribution in [0, 0.1) is 0 Å². The number of ether oxygens (including phenoxy) is 1. The molecule has 1 aliphatic heterocycles. The molecule has 8 heteroatoms. The lowest BCUT2D eigenvalue weighted by atomic mass is 10.1. The van der Waals surface area contributed by atoms with Gasteiger partial charge in [0.1, 0.15) is 5.75 Å². The highest BCUT2D eigenvalue weighted by Crippen LogP contribution is 2.24. The van der Waals surface area contributed by atoms with Crippen LogP contribution in [0.5, 0.6) is 5.75 Å². The first-order valence-corrected chi connectivity index (χ1v) is 7.57. The van der Waals surface area contributed by atoms with Gasteiger partial charge < -0.3 is 19.9 Å². The van der Waals surface area contributed by atoms with Crippen LogP contribution in [-0.4, -0.2) is 29.1 Å². The first kappa shape index (κ1) is 16.2. The molecule has 1 aliphatic rings. The lowest BCUT2D eigenvalue weighted by molar-refractivity contribution is -0.132. The van der Waals surface area contributed by atoms with Crippen LogP contribution in [0.15, 0.2) is 28.8 Å². The molecule has 1 aromatic heterocycles. The molecule has 0 saturated carbocycles. The zero-order valence-electron chi connectivity index (χ0n) is 12.9. The number of alkyl halides is 2. The standard InChI is InChI=1S/C16H17F2N3O3/c17-16(18)23-11-3-1-2-10(8-11)4-5-14(22)21-7-6-13-12(9-21)15(19)24-20-13/h1-3,8,16H,4-7,9,19H2. The summed E-state index contributed by atoms with van der Waals surface area (Å²) >= 11 is 0. The minimum absolute atomic E-state index is 0.0265. The molecule has 0 fully saturated rings. The second kappa shape index (κ2) is 6.86. The molecule has 0 unspecified atom stereocenters. The van der Waals surface area contributed by atoms with Gasteiger partial charge in [-0.3, -0.25) is 4.79 Å². The van der Waals surface area contributed by atoms with E-state index in [4.69, 9.17) is 10.3 Å². The van der Waals surface area contributed by atoms with Crippen LogP contribution in [0.1, 0.15) is 23.2 Å². The molecular formula is C16H17F2N3O3. The Morgan fingerprint density at radius 3 is 3.08 bits per heavy atom. The van der Waals surface area contributed by atoms with Crippen LogP contribution in [0.4, 0.5) is 14.7 Å². The monoisotopic (exact) mass is 337 g/mol. The fourth-order valence-corrected chi connectivity index (χ4v) is 2.73. The number of halogens is 2. The molecule has 0 atom stereocenters. The number of fused-ring (bicyclic) bond motifs is 1. The second-order valence-electron chi connectivity index (χ2n) is 5.56. The maximum atomic E-state index is 12.4.